The molecule has 26 heavy (non-hydrogen) atoms. The van der Waals surface area contributed by atoms with E-state index in [9.17, 15) is 4.79 Å². The zero-order valence-corrected chi connectivity index (χ0v) is 16.3. The summed E-state index contributed by atoms with van der Waals surface area (Å²) in [6, 6.07) is 7.43. The highest BCUT2D eigenvalue weighted by molar-refractivity contribution is 7.14. The quantitative estimate of drug-likeness (QED) is 0.739. The van der Waals surface area contributed by atoms with Crippen LogP contribution in [0.3, 0.4) is 0 Å². The number of nitrogens with one attached hydrogen (secondary N) is 1. The third-order valence-electron chi connectivity index (χ3n) is 4.52. The summed E-state index contributed by atoms with van der Waals surface area (Å²) in [7, 11) is 3.21. The molecule has 1 aromatic carbocycles. The van der Waals surface area contributed by atoms with Gasteiger partial charge in [0.2, 0.25) is 0 Å². The smallest absolute Gasteiger partial charge is 0.265 e. The van der Waals surface area contributed by atoms with Gasteiger partial charge in [0.05, 0.1) is 18.6 Å². The number of fused-ring (bicyclic) bond motifs is 1. The average molecular weight is 375 g/mol. The molecule has 0 saturated carbocycles. The van der Waals surface area contributed by atoms with Crippen molar-refractivity contribution in [2.45, 2.75) is 26.2 Å². The van der Waals surface area contributed by atoms with E-state index >= 15 is 0 Å². The number of aryl methyl sites for hydroxylation is 1. The molecule has 1 amide bonds. The molecule has 0 radical (unpaired) electrons. The third kappa shape index (κ3) is 4.37. The number of thiophene rings is 1. The van der Waals surface area contributed by atoms with Crippen molar-refractivity contribution in [1.82, 2.24) is 0 Å². The number of carbonyl (C=O) groups excluding carboxylic acids is 1. The number of hydrogen-bond acceptors (Lipinski definition) is 5. The Bertz CT molecular complexity index is 771. The van der Waals surface area contributed by atoms with E-state index in [1.54, 1.807) is 37.7 Å². The highest BCUT2D eigenvalue weighted by Gasteiger charge is 2.21. The van der Waals surface area contributed by atoms with Gasteiger partial charge < -0.3 is 19.5 Å². The molecule has 0 aliphatic heterocycles. The van der Waals surface area contributed by atoms with Crippen LogP contribution in [0.15, 0.2) is 24.3 Å². The van der Waals surface area contributed by atoms with E-state index in [2.05, 4.69) is 12.2 Å². The summed E-state index contributed by atoms with van der Waals surface area (Å²) in [5.41, 5.74) is 2.01. The van der Waals surface area contributed by atoms with Gasteiger partial charge in [0, 0.05) is 23.7 Å². The highest BCUT2D eigenvalue weighted by Crippen LogP contribution is 2.33. The number of ether oxygens (including phenoxy) is 3. The fourth-order valence-electron chi connectivity index (χ4n) is 3.11. The summed E-state index contributed by atoms with van der Waals surface area (Å²) in [5, 5.41) is 2.97. The number of benzene rings is 1. The van der Waals surface area contributed by atoms with Crippen LogP contribution in [0.5, 0.6) is 11.5 Å². The molecular weight excluding hydrogens is 350 g/mol. The second kappa shape index (κ2) is 8.56. The first-order valence-electron chi connectivity index (χ1n) is 8.83. The summed E-state index contributed by atoms with van der Waals surface area (Å²) >= 11 is 1.61. The number of amides is 1. The molecule has 1 heterocycles. The van der Waals surface area contributed by atoms with E-state index < -0.39 is 0 Å². The van der Waals surface area contributed by atoms with Crippen LogP contribution < -0.4 is 14.8 Å². The second-order valence-corrected chi connectivity index (χ2v) is 7.70. The Morgan fingerprint density at radius 1 is 1.23 bits per heavy atom. The number of methoxy groups -OCH3 is 2. The minimum atomic E-state index is -0.0786. The lowest BCUT2D eigenvalue weighted by Gasteiger charge is -2.16. The van der Waals surface area contributed by atoms with Crippen molar-refractivity contribution < 1.29 is 19.0 Å². The van der Waals surface area contributed by atoms with Crippen LogP contribution in [0.25, 0.3) is 0 Å². The molecule has 1 aliphatic rings. The molecule has 0 saturated heterocycles. The van der Waals surface area contributed by atoms with Gasteiger partial charge in [0.15, 0.2) is 11.5 Å². The van der Waals surface area contributed by atoms with Gasteiger partial charge in [0.25, 0.3) is 5.91 Å². The van der Waals surface area contributed by atoms with Crippen molar-refractivity contribution >= 4 is 22.9 Å². The molecule has 140 valence electrons. The number of carbonyl (C=O) groups is 1. The third-order valence-corrected chi connectivity index (χ3v) is 5.76. The van der Waals surface area contributed by atoms with Crippen LogP contribution in [0.4, 0.5) is 5.69 Å². The lowest BCUT2D eigenvalue weighted by atomic mass is 9.90. The number of anilines is 1. The highest BCUT2D eigenvalue weighted by atomic mass is 32.1. The number of hydrogen-bond donors (Lipinski definition) is 1. The van der Waals surface area contributed by atoms with Crippen molar-refractivity contribution in [3.8, 4) is 11.5 Å². The Balaban J connectivity index is 1.71. The lowest BCUT2D eigenvalue weighted by molar-refractivity contribution is 0.103. The van der Waals surface area contributed by atoms with E-state index in [1.807, 2.05) is 12.1 Å². The van der Waals surface area contributed by atoms with Crippen molar-refractivity contribution in [2.75, 3.05) is 32.8 Å². The minimum Gasteiger partial charge on any atom is -0.493 e. The van der Waals surface area contributed by atoms with Crippen molar-refractivity contribution in [3.63, 3.8) is 0 Å². The SMILES string of the molecule is COCCOc1cc(NC(=O)c2cc3c(s2)CC[C@@H](C)C3)ccc1OC. The van der Waals surface area contributed by atoms with Gasteiger partial charge in [-0.2, -0.15) is 0 Å². The average Bonchev–Trinajstić information content (AvgIpc) is 3.05. The molecule has 2 aromatic rings. The van der Waals surface area contributed by atoms with Crippen LogP contribution in [0.2, 0.25) is 0 Å². The van der Waals surface area contributed by atoms with Gasteiger partial charge in [0.1, 0.15) is 6.61 Å². The molecule has 1 atom stereocenters. The fourth-order valence-corrected chi connectivity index (χ4v) is 4.22. The zero-order valence-electron chi connectivity index (χ0n) is 15.5. The summed E-state index contributed by atoms with van der Waals surface area (Å²) in [6.07, 6.45) is 3.35. The molecule has 1 aliphatic carbocycles. The Morgan fingerprint density at radius 3 is 2.85 bits per heavy atom. The van der Waals surface area contributed by atoms with E-state index in [4.69, 9.17) is 14.2 Å². The second-order valence-electron chi connectivity index (χ2n) is 6.57. The standard InChI is InChI=1S/C20H25NO4S/c1-13-4-7-18-14(10-13)11-19(26-18)20(22)21-15-5-6-16(24-3)17(12-15)25-9-8-23-2/h5-6,11-13H,4,7-10H2,1-3H3,(H,21,22)/t13-/m1/s1. The van der Waals surface area contributed by atoms with Gasteiger partial charge in [-0.1, -0.05) is 6.92 Å². The predicted molar refractivity (Wildman–Crippen MR) is 104 cm³/mol. The molecule has 6 heteroatoms. The molecule has 3 rings (SSSR count). The lowest BCUT2D eigenvalue weighted by Crippen LogP contribution is -2.11. The van der Waals surface area contributed by atoms with Gasteiger partial charge >= 0.3 is 0 Å². The van der Waals surface area contributed by atoms with Gasteiger partial charge in [-0.25, -0.2) is 0 Å². The zero-order chi connectivity index (χ0) is 18.5. The van der Waals surface area contributed by atoms with Crippen LogP contribution >= 0.6 is 11.3 Å². The maximum atomic E-state index is 12.6. The van der Waals surface area contributed by atoms with E-state index in [0.717, 1.165) is 17.7 Å². The van der Waals surface area contributed by atoms with Crippen molar-refractivity contribution in [3.05, 3.63) is 39.6 Å². The molecular formula is C20H25NO4S. The van der Waals surface area contributed by atoms with Gasteiger partial charge in [-0.15, -0.1) is 11.3 Å². The summed E-state index contributed by atoms with van der Waals surface area (Å²) in [6.45, 7) is 3.17. The summed E-state index contributed by atoms with van der Waals surface area (Å²) in [5.74, 6) is 1.83. The van der Waals surface area contributed by atoms with Crippen molar-refractivity contribution in [2.24, 2.45) is 5.92 Å². The van der Waals surface area contributed by atoms with E-state index in [1.165, 1.54) is 16.9 Å². The van der Waals surface area contributed by atoms with Crippen molar-refractivity contribution in [1.29, 1.82) is 0 Å². The topological polar surface area (TPSA) is 56.8 Å². The largest absolute Gasteiger partial charge is 0.493 e. The Morgan fingerprint density at radius 2 is 2.08 bits per heavy atom. The Kier molecular flexibility index (Phi) is 6.16. The monoisotopic (exact) mass is 375 g/mol. The first kappa shape index (κ1) is 18.7. The van der Waals surface area contributed by atoms with Crippen LogP contribution in [-0.4, -0.2) is 33.3 Å². The molecule has 0 fully saturated rings. The fraction of sp³-hybridized carbons (Fsp3) is 0.450. The van der Waals surface area contributed by atoms with E-state index in [-0.39, 0.29) is 5.91 Å². The van der Waals surface area contributed by atoms with Crippen LogP contribution in [0, 0.1) is 5.92 Å². The van der Waals surface area contributed by atoms with Gasteiger partial charge in [-0.3, -0.25) is 4.79 Å². The minimum absolute atomic E-state index is 0.0786. The molecule has 0 bridgehead atoms. The number of rotatable bonds is 7. The Labute approximate surface area is 158 Å². The Hall–Kier alpha value is -2.05. The summed E-state index contributed by atoms with van der Waals surface area (Å²) < 4.78 is 16.0. The molecule has 5 nitrogen and oxygen atoms in total. The molecule has 1 N–H and O–H groups in total. The first-order chi connectivity index (χ1) is 12.6. The summed E-state index contributed by atoms with van der Waals surface area (Å²) in [4.78, 5) is 14.8. The van der Waals surface area contributed by atoms with Gasteiger partial charge in [-0.05, 0) is 48.9 Å². The maximum absolute atomic E-state index is 12.6. The molecule has 0 unspecified atom stereocenters. The first-order valence-corrected chi connectivity index (χ1v) is 9.65. The normalized spacial score (nSPS) is 16.0. The predicted octanol–water partition coefficient (Wildman–Crippen LogP) is 4.16. The van der Waals surface area contributed by atoms with Crippen LogP contribution in [0.1, 0.15) is 33.5 Å². The molecule has 0 spiro atoms. The maximum Gasteiger partial charge on any atom is 0.265 e. The van der Waals surface area contributed by atoms with Crippen LogP contribution in [-0.2, 0) is 17.6 Å². The molecule has 1 aromatic heterocycles. The van der Waals surface area contributed by atoms with E-state index in [0.29, 0.717) is 36.3 Å².